The van der Waals surface area contributed by atoms with E-state index in [0.29, 0.717) is 10.0 Å². The molecule has 102 valence electrons. The van der Waals surface area contributed by atoms with Gasteiger partial charge in [-0.05, 0) is 41.0 Å². The van der Waals surface area contributed by atoms with Crippen molar-refractivity contribution in [3.8, 4) is 0 Å². The molecule has 0 atom stereocenters. The third-order valence-corrected chi connectivity index (χ3v) is 3.32. The largest absolute Gasteiger partial charge is 0.392 e. The lowest BCUT2D eigenvalue weighted by atomic mass is 9.97. The minimum Gasteiger partial charge on any atom is -0.392 e. The third kappa shape index (κ3) is 3.97. The molecule has 20 heavy (non-hydrogen) atoms. The van der Waals surface area contributed by atoms with Gasteiger partial charge in [0.05, 0.1) is 6.61 Å². The Kier molecular flexibility index (Phi) is 5.42. The summed E-state index contributed by atoms with van der Waals surface area (Å²) in [6.45, 7) is 0.0189. The lowest BCUT2D eigenvalue weighted by Gasteiger charge is -2.08. The van der Waals surface area contributed by atoms with Crippen LogP contribution in [0.3, 0.4) is 0 Å². The van der Waals surface area contributed by atoms with E-state index in [9.17, 15) is 0 Å². The van der Waals surface area contributed by atoms with E-state index in [0.717, 1.165) is 16.7 Å². The quantitative estimate of drug-likeness (QED) is 0.790. The second-order valence-electron chi connectivity index (χ2n) is 4.20. The van der Waals surface area contributed by atoms with Gasteiger partial charge in [-0.2, -0.15) is 0 Å². The summed E-state index contributed by atoms with van der Waals surface area (Å²) in [5, 5.41) is 10.2. The summed E-state index contributed by atoms with van der Waals surface area (Å²) in [6, 6.07) is 15.3. The first-order valence-electron chi connectivity index (χ1n) is 6.20. The van der Waals surface area contributed by atoms with E-state index in [1.165, 1.54) is 0 Å². The molecule has 0 amide bonds. The number of aliphatic hydroxyl groups excluding tert-OH is 1. The molecule has 1 N–H and O–H groups in total. The second kappa shape index (κ2) is 7.30. The molecule has 0 unspecified atom stereocenters. The SMILES string of the molecule is OCC=CC=C(c1ccc(Cl)cc1)c1ccc(Cl)cc1. The van der Waals surface area contributed by atoms with Crippen LogP contribution in [0.4, 0.5) is 0 Å². The Hall–Kier alpha value is -1.54. The molecule has 0 aliphatic rings. The molecule has 0 aromatic heterocycles. The van der Waals surface area contributed by atoms with Crippen LogP contribution in [-0.4, -0.2) is 11.7 Å². The fraction of sp³-hybridized carbons (Fsp3) is 0.0588. The average molecular weight is 305 g/mol. The molecule has 0 spiro atoms. The average Bonchev–Trinajstić information content (AvgIpc) is 2.46. The van der Waals surface area contributed by atoms with Gasteiger partial charge in [0.1, 0.15) is 0 Å². The lowest BCUT2D eigenvalue weighted by Crippen LogP contribution is -1.87. The van der Waals surface area contributed by atoms with Crippen molar-refractivity contribution < 1.29 is 5.11 Å². The number of rotatable bonds is 4. The Morgan fingerprint density at radius 1 is 0.850 bits per heavy atom. The van der Waals surface area contributed by atoms with Gasteiger partial charge in [-0.3, -0.25) is 0 Å². The summed E-state index contributed by atoms with van der Waals surface area (Å²) in [6.07, 6.45) is 5.48. The van der Waals surface area contributed by atoms with Gasteiger partial charge in [0.2, 0.25) is 0 Å². The van der Waals surface area contributed by atoms with Crippen LogP contribution < -0.4 is 0 Å². The molecule has 0 saturated carbocycles. The van der Waals surface area contributed by atoms with E-state index in [1.54, 1.807) is 6.08 Å². The number of halogens is 2. The molecular weight excluding hydrogens is 291 g/mol. The van der Waals surface area contributed by atoms with Gasteiger partial charge in [0.15, 0.2) is 0 Å². The van der Waals surface area contributed by atoms with Gasteiger partial charge in [-0.15, -0.1) is 0 Å². The maximum Gasteiger partial charge on any atom is 0.0615 e. The Bertz CT molecular complexity index is 563. The molecule has 0 aliphatic carbocycles. The van der Waals surface area contributed by atoms with Crippen LogP contribution in [0.2, 0.25) is 10.0 Å². The Morgan fingerprint density at radius 3 is 1.70 bits per heavy atom. The summed E-state index contributed by atoms with van der Waals surface area (Å²) >= 11 is 11.9. The minimum absolute atomic E-state index is 0.0189. The van der Waals surface area contributed by atoms with E-state index >= 15 is 0 Å². The zero-order valence-electron chi connectivity index (χ0n) is 10.8. The van der Waals surface area contributed by atoms with Crippen molar-refractivity contribution in [1.82, 2.24) is 0 Å². The molecule has 2 aromatic carbocycles. The number of hydrogen-bond donors (Lipinski definition) is 1. The second-order valence-corrected chi connectivity index (χ2v) is 5.08. The molecular formula is C17H14Cl2O. The van der Waals surface area contributed by atoms with E-state index in [4.69, 9.17) is 28.3 Å². The molecule has 0 fully saturated rings. The van der Waals surface area contributed by atoms with Gasteiger partial charge in [0, 0.05) is 10.0 Å². The van der Waals surface area contributed by atoms with Gasteiger partial charge in [0.25, 0.3) is 0 Å². The molecule has 0 heterocycles. The first-order valence-corrected chi connectivity index (χ1v) is 6.96. The third-order valence-electron chi connectivity index (χ3n) is 2.81. The summed E-state index contributed by atoms with van der Waals surface area (Å²) in [5.41, 5.74) is 3.15. The van der Waals surface area contributed by atoms with E-state index in [-0.39, 0.29) is 6.61 Å². The van der Waals surface area contributed by atoms with Crippen LogP contribution in [0.15, 0.2) is 66.8 Å². The fourth-order valence-corrected chi connectivity index (χ4v) is 2.10. The first-order chi connectivity index (χ1) is 9.70. The normalized spacial score (nSPS) is 10.8. The van der Waals surface area contributed by atoms with Crippen molar-refractivity contribution in [2.24, 2.45) is 0 Å². The molecule has 0 radical (unpaired) electrons. The monoisotopic (exact) mass is 304 g/mol. The lowest BCUT2D eigenvalue weighted by molar-refractivity contribution is 0.343. The smallest absolute Gasteiger partial charge is 0.0615 e. The maximum atomic E-state index is 8.84. The van der Waals surface area contributed by atoms with Gasteiger partial charge >= 0.3 is 0 Å². The van der Waals surface area contributed by atoms with Gasteiger partial charge in [-0.25, -0.2) is 0 Å². The van der Waals surface area contributed by atoms with Gasteiger partial charge in [-0.1, -0.05) is 65.7 Å². The van der Waals surface area contributed by atoms with Gasteiger partial charge < -0.3 is 5.11 Å². The Balaban J connectivity index is 2.44. The predicted molar refractivity (Wildman–Crippen MR) is 86.2 cm³/mol. The zero-order valence-corrected chi connectivity index (χ0v) is 12.3. The molecule has 2 rings (SSSR count). The Labute approximate surface area is 128 Å². The minimum atomic E-state index is 0.0189. The topological polar surface area (TPSA) is 20.2 Å². The van der Waals surface area contributed by atoms with Crippen molar-refractivity contribution >= 4 is 28.8 Å². The van der Waals surface area contributed by atoms with Crippen molar-refractivity contribution in [3.63, 3.8) is 0 Å². The first kappa shape index (κ1) is 14.9. The van der Waals surface area contributed by atoms with Crippen LogP contribution in [0.5, 0.6) is 0 Å². The molecule has 0 bridgehead atoms. The summed E-state index contributed by atoms with van der Waals surface area (Å²) in [4.78, 5) is 0. The highest BCUT2D eigenvalue weighted by Gasteiger charge is 2.04. The van der Waals surface area contributed by atoms with Crippen LogP contribution in [0, 0.1) is 0 Å². The number of allylic oxidation sites excluding steroid dienone is 2. The van der Waals surface area contributed by atoms with Crippen molar-refractivity contribution in [3.05, 3.63) is 87.9 Å². The highest BCUT2D eigenvalue weighted by molar-refractivity contribution is 6.31. The molecule has 0 saturated heterocycles. The number of hydrogen-bond acceptors (Lipinski definition) is 1. The van der Waals surface area contributed by atoms with E-state index in [1.807, 2.05) is 60.7 Å². The van der Waals surface area contributed by atoms with E-state index in [2.05, 4.69) is 0 Å². The maximum absolute atomic E-state index is 8.84. The molecule has 2 aromatic rings. The highest BCUT2D eigenvalue weighted by Crippen LogP contribution is 2.26. The van der Waals surface area contributed by atoms with Crippen molar-refractivity contribution in [1.29, 1.82) is 0 Å². The standard InChI is InChI=1S/C17H14Cl2O/c18-15-8-4-13(5-9-15)17(3-1-2-12-20)14-6-10-16(19)11-7-14/h1-11,20H,12H2. The highest BCUT2D eigenvalue weighted by atomic mass is 35.5. The van der Waals surface area contributed by atoms with Crippen molar-refractivity contribution in [2.45, 2.75) is 0 Å². The van der Waals surface area contributed by atoms with Crippen molar-refractivity contribution in [2.75, 3.05) is 6.61 Å². The Morgan fingerprint density at radius 2 is 1.30 bits per heavy atom. The predicted octanol–water partition coefficient (Wildman–Crippen LogP) is 4.97. The van der Waals surface area contributed by atoms with E-state index < -0.39 is 0 Å². The zero-order chi connectivity index (χ0) is 14.4. The summed E-state index contributed by atoms with van der Waals surface area (Å²) < 4.78 is 0. The van der Waals surface area contributed by atoms with Crippen LogP contribution >= 0.6 is 23.2 Å². The fourth-order valence-electron chi connectivity index (χ4n) is 1.84. The van der Waals surface area contributed by atoms with Crippen LogP contribution in [0.1, 0.15) is 11.1 Å². The summed E-state index contributed by atoms with van der Waals surface area (Å²) in [7, 11) is 0. The van der Waals surface area contributed by atoms with Crippen LogP contribution in [-0.2, 0) is 0 Å². The molecule has 3 heteroatoms. The summed E-state index contributed by atoms with van der Waals surface area (Å²) in [5.74, 6) is 0. The molecule has 0 aliphatic heterocycles. The van der Waals surface area contributed by atoms with Crippen LogP contribution in [0.25, 0.3) is 5.57 Å². The molecule has 1 nitrogen and oxygen atoms in total. The number of aliphatic hydroxyl groups is 1. The number of benzene rings is 2.